The number of carbonyl (C=O) groups is 1. The SMILES string of the molecule is CC(C)(C)C(=O)NCC(c1ccc2c(c1)OCO2)N1CCCC1. The van der Waals surface area contributed by atoms with Crippen LogP contribution in [0.1, 0.15) is 45.2 Å². The number of carbonyl (C=O) groups excluding carboxylic acids is 1. The Morgan fingerprint density at radius 3 is 2.61 bits per heavy atom. The van der Waals surface area contributed by atoms with Gasteiger partial charge in [-0.25, -0.2) is 0 Å². The highest BCUT2D eigenvalue weighted by atomic mass is 16.7. The number of likely N-dealkylation sites (tertiary alicyclic amines) is 1. The fourth-order valence-electron chi connectivity index (χ4n) is 3.09. The molecule has 1 atom stereocenters. The summed E-state index contributed by atoms with van der Waals surface area (Å²) in [5.41, 5.74) is 0.801. The van der Waals surface area contributed by atoms with Crippen LogP contribution in [0.2, 0.25) is 0 Å². The van der Waals surface area contributed by atoms with Crippen LogP contribution in [0.15, 0.2) is 18.2 Å². The lowest BCUT2D eigenvalue weighted by Gasteiger charge is -2.29. The van der Waals surface area contributed by atoms with Crippen molar-refractivity contribution >= 4 is 5.91 Å². The fourth-order valence-corrected chi connectivity index (χ4v) is 3.09. The first-order valence-corrected chi connectivity index (χ1v) is 8.37. The average molecular weight is 318 g/mol. The second-order valence-corrected chi connectivity index (χ2v) is 7.33. The minimum atomic E-state index is -0.371. The van der Waals surface area contributed by atoms with Gasteiger partial charge in [-0.05, 0) is 43.6 Å². The first kappa shape index (κ1) is 16.1. The summed E-state index contributed by atoms with van der Waals surface area (Å²) in [6, 6.07) is 6.28. The van der Waals surface area contributed by atoms with Gasteiger partial charge >= 0.3 is 0 Å². The van der Waals surface area contributed by atoms with Crippen LogP contribution < -0.4 is 14.8 Å². The highest BCUT2D eigenvalue weighted by Gasteiger charge is 2.28. The Morgan fingerprint density at radius 1 is 1.22 bits per heavy atom. The summed E-state index contributed by atoms with van der Waals surface area (Å²) in [7, 11) is 0. The maximum Gasteiger partial charge on any atom is 0.231 e. The molecule has 2 aliphatic heterocycles. The van der Waals surface area contributed by atoms with Gasteiger partial charge in [0.1, 0.15) is 0 Å². The molecular formula is C18H26N2O3. The van der Waals surface area contributed by atoms with E-state index in [1.165, 1.54) is 18.4 Å². The third-order valence-electron chi connectivity index (χ3n) is 4.50. The second kappa shape index (κ2) is 6.40. The number of rotatable bonds is 4. The van der Waals surface area contributed by atoms with E-state index >= 15 is 0 Å². The van der Waals surface area contributed by atoms with E-state index in [0.717, 1.165) is 24.6 Å². The molecule has 126 valence electrons. The van der Waals surface area contributed by atoms with Crippen molar-refractivity contribution in [2.45, 2.75) is 39.7 Å². The molecule has 3 rings (SSSR count). The molecule has 1 amide bonds. The number of hydrogen-bond donors (Lipinski definition) is 1. The molecule has 0 bridgehead atoms. The van der Waals surface area contributed by atoms with E-state index in [9.17, 15) is 4.79 Å². The number of fused-ring (bicyclic) bond motifs is 1. The standard InChI is InChI=1S/C18H26N2O3/c1-18(2,3)17(21)19-11-14(20-8-4-5-9-20)13-6-7-15-16(10-13)23-12-22-15/h6-7,10,14H,4-5,8-9,11-12H2,1-3H3,(H,19,21). The van der Waals surface area contributed by atoms with Crippen molar-refractivity contribution in [2.24, 2.45) is 5.41 Å². The van der Waals surface area contributed by atoms with Crippen LogP contribution in [-0.2, 0) is 4.79 Å². The highest BCUT2D eigenvalue weighted by Crippen LogP contribution is 2.36. The number of nitrogens with one attached hydrogen (secondary N) is 1. The minimum absolute atomic E-state index is 0.0856. The zero-order valence-electron chi connectivity index (χ0n) is 14.2. The molecular weight excluding hydrogens is 292 g/mol. The van der Waals surface area contributed by atoms with Crippen LogP contribution in [0.5, 0.6) is 11.5 Å². The molecule has 23 heavy (non-hydrogen) atoms. The Morgan fingerprint density at radius 2 is 1.91 bits per heavy atom. The molecule has 0 aliphatic carbocycles. The third-order valence-corrected chi connectivity index (χ3v) is 4.50. The van der Waals surface area contributed by atoms with Crippen LogP contribution >= 0.6 is 0 Å². The Kier molecular flexibility index (Phi) is 4.48. The van der Waals surface area contributed by atoms with Crippen molar-refractivity contribution in [3.8, 4) is 11.5 Å². The molecule has 1 aromatic carbocycles. The van der Waals surface area contributed by atoms with Gasteiger partial charge in [-0.2, -0.15) is 0 Å². The monoisotopic (exact) mass is 318 g/mol. The van der Waals surface area contributed by atoms with Gasteiger partial charge in [-0.15, -0.1) is 0 Å². The van der Waals surface area contributed by atoms with Crippen LogP contribution in [0.3, 0.4) is 0 Å². The van der Waals surface area contributed by atoms with E-state index in [0.29, 0.717) is 6.54 Å². The smallest absolute Gasteiger partial charge is 0.231 e. The Labute approximate surface area is 137 Å². The maximum absolute atomic E-state index is 12.2. The molecule has 2 aliphatic rings. The molecule has 0 saturated carbocycles. The first-order valence-electron chi connectivity index (χ1n) is 8.37. The Balaban J connectivity index is 1.77. The zero-order chi connectivity index (χ0) is 16.4. The summed E-state index contributed by atoms with van der Waals surface area (Å²) in [6.07, 6.45) is 2.43. The molecule has 5 nitrogen and oxygen atoms in total. The summed E-state index contributed by atoms with van der Waals surface area (Å²) in [5, 5.41) is 3.11. The Hall–Kier alpha value is -1.75. The van der Waals surface area contributed by atoms with Crippen molar-refractivity contribution in [3.63, 3.8) is 0 Å². The lowest BCUT2D eigenvalue weighted by molar-refractivity contribution is -0.128. The van der Waals surface area contributed by atoms with Gasteiger partial charge in [0, 0.05) is 12.0 Å². The van der Waals surface area contributed by atoms with E-state index in [1.54, 1.807) is 0 Å². The van der Waals surface area contributed by atoms with Gasteiger partial charge in [0.15, 0.2) is 11.5 Å². The van der Waals surface area contributed by atoms with Crippen LogP contribution in [0.25, 0.3) is 0 Å². The molecule has 1 saturated heterocycles. The summed E-state index contributed by atoms with van der Waals surface area (Å²) >= 11 is 0. The van der Waals surface area contributed by atoms with E-state index in [-0.39, 0.29) is 24.2 Å². The van der Waals surface area contributed by atoms with E-state index in [4.69, 9.17) is 9.47 Å². The molecule has 0 radical (unpaired) electrons. The summed E-state index contributed by atoms with van der Waals surface area (Å²) in [5.74, 6) is 1.68. The van der Waals surface area contributed by atoms with Gasteiger partial charge in [0.2, 0.25) is 12.7 Å². The van der Waals surface area contributed by atoms with Crippen LogP contribution in [0.4, 0.5) is 0 Å². The normalized spacial score (nSPS) is 18.9. The average Bonchev–Trinajstić information content (AvgIpc) is 3.17. The summed E-state index contributed by atoms with van der Waals surface area (Å²) < 4.78 is 10.9. The van der Waals surface area contributed by atoms with Crippen molar-refractivity contribution in [1.82, 2.24) is 10.2 Å². The lowest BCUT2D eigenvalue weighted by atomic mass is 9.95. The van der Waals surface area contributed by atoms with Gasteiger partial charge in [-0.1, -0.05) is 26.8 Å². The largest absolute Gasteiger partial charge is 0.454 e. The van der Waals surface area contributed by atoms with Crippen molar-refractivity contribution in [2.75, 3.05) is 26.4 Å². The van der Waals surface area contributed by atoms with E-state index in [2.05, 4.69) is 22.3 Å². The molecule has 1 unspecified atom stereocenters. The number of amides is 1. The zero-order valence-corrected chi connectivity index (χ0v) is 14.2. The molecule has 1 fully saturated rings. The maximum atomic E-state index is 12.2. The van der Waals surface area contributed by atoms with Crippen molar-refractivity contribution < 1.29 is 14.3 Å². The number of nitrogens with zero attached hydrogens (tertiary/aromatic N) is 1. The number of benzene rings is 1. The van der Waals surface area contributed by atoms with Gasteiger partial charge in [0.05, 0.1) is 6.04 Å². The Bertz CT molecular complexity index is 574. The van der Waals surface area contributed by atoms with Gasteiger partial charge < -0.3 is 14.8 Å². The first-order chi connectivity index (χ1) is 10.9. The minimum Gasteiger partial charge on any atom is -0.454 e. The highest BCUT2D eigenvalue weighted by molar-refractivity contribution is 5.81. The van der Waals surface area contributed by atoms with Crippen LogP contribution in [-0.4, -0.2) is 37.2 Å². The fraction of sp³-hybridized carbons (Fsp3) is 0.611. The van der Waals surface area contributed by atoms with E-state index < -0.39 is 0 Å². The van der Waals surface area contributed by atoms with Crippen molar-refractivity contribution in [3.05, 3.63) is 23.8 Å². The molecule has 0 aromatic heterocycles. The number of ether oxygens (including phenoxy) is 2. The topological polar surface area (TPSA) is 50.8 Å². The molecule has 2 heterocycles. The van der Waals surface area contributed by atoms with Crippen LogP contribution in [0, 0.1) is 5.41 Å². The summed E-state index contributed by atoms with van der Waals surface area (Å²) in [6.45, 7) is 8.87. The van der Waals surface area contributed by atoms with E-state index in [1.807, 2.05) is 26.8 Å². The molecule has 5 heteroatoms. The van der Waals surface area contributed by atoms with Crippen molar-refractivity contribution in [1.29, 1.82) is 0 Å². The third kappa shape index (κ3) is 3.61. The second-order valence-electron chi connectivity index (χ2n) is 7.33. The molecule has 1 aromatic rings. The molecule has 1 N–H and O–H groups in total. The molecule has 0 spiro atoms. The summed E-state index contributed by atoms with van der Waals surface area (Å²) in [4.78, 5) is 14.7. The number of hydrogen-bond acceptors (Lipinski definition) is 4. The predicted molar refractivity (Wildman–Crippen MR) is 88.6 cm³/mol. The quantitative estimate of drug-likeness (QED) is 0.927. The predicted octanol–water partition coefficient (Wildman–Crippen LogP) is 2.71. The van der Waals surface area contributed by atoms with Gasteiger partial charge in [-0.3, -0.25) is 9.69 Å². The van der Waals surface area contributed by atoms with Gasteiger partial charge in [0.25, 0.3) is 0 Å². The lowest BCUT2D eigenvalue weighted by Crippen LogP contribution is -2.41.